The van der Waals surface area contributed by atoms with Crippen LogP contribution in [0.15, 0.2) is 77.7 Å². The van der Waals surface area contributed by atoms with Crippen LogP contribution in [0.2, 0.25) is 5.02 Å². The Morgan fingerprint density at radius 3 is 2.16 bits per heavy atom. The number of hydrogen-bond donors (Lipinski definition) is 0. The zero-order chi connectivity index (χ0) is 17.0. The second-order valence-corrected chi connectivity index (χ2v) is 7.52. The van der Waals surface area contributed by atoms with Crippen LogP contribution in [-0.4, -0.2) is 6.26 Å². The van der Waals surface area contributed by atoms with Gasteiger partial charge in [0.25, 0.3) is 0 Å². The Balaban J connectivity index is 1.87. The molecule has 4 aromatic rings. The van der Waals surface area contributed by atoms with Gasteiger partial charge < -0.3 is 0 Å². The Morgan fingerprint density at radius 2 is 1.36 bits per heavy atom. The van der Waals surface area contributed by atoms with Crippen molar-refractivity contribution in [3.05, 3.63) is 77.8 Å². The third-order valence-electron chi connectivity index (χ3n) is 4.97. The molecule has 0 saturated carbocycles. The van der Waals surface area contributed by atoms with E-state index < -0.39 is 0 Å². The number of thioether (sulfide) groups is 1. The summed E-state index contributed by atoms with van der Waals surface area (Å²) in [6.07, 6.45) is 2.08. The number of hydrogen-bond acceptors (Lipinski definition) is 1. The Bertz CT molecular complexity index is 1140. The fourth-order valence-electron chi connectivity index (χ4n) is 3.92. The molecule has 120 valence electrons. The maximum absolute atomic E-state index is 6.44. The predicted molar refractivity (Wildman–Crippen MR) is 111 cm³/mol. The van der Waals surface area contributed by atoms with Crippen LogP contribution in [0.1, 0.15) is 0 Å². The van der Waals surface area contributed by atoms with Crippen molar-refractivity contribution in [1.29, 1.82) is 0 Å². The summed E-state index contributed by atoms with van der Waals surface area (Å²) >= 11 is 8.14. The zero-order valence-electron chi connectivity index (χ0n) is 13.7. The molecule has 0 aromatic heterocycles. The van der Waals surface area contributed by atoms with Crippen LogP contribution in [-0.2, 0) is 0 Å². The summed E-state index contributed by atoms with van der Waals surface area (Å²) < 4.78 is 0. The molecule has 0 aliphatic heterocycles. The lowest BCUT2D eigenvalue weighted by molar-refractivity contribution is 1.45. The van der Waals surface area contributed by atoms with Gasteiger partial charge in [-0.25, -0.2) is 0 Å². The highest BCUT2D eigenvalue weighted by Gasteiger charge is 2.22. The highest BCUT2D eigenvalue weighted by molar-refractivity contribution is 7.98. The SMILES string of the molecule is CSc1c(Cl)cccc1-c1cc2c3c(cccc3c1)-c1ccccc1-2. The average Bonchev–Trinajstić information content (AvgIpc) is 2.97. The molecule has 1 aliphatic rings. The first-order valence-corrected chi connectivity index (χ1v) is 9.87. The van der Waals surface area contributed by atoms with Gasteiger partial charge in [0.05, 0.1) is 5.02 Å². The van der Waals surface area contributed by atoms with E-state index in [1.165, 1.54) is 44.2 Å². The third kappa shape index (κ3) is 2.16. The van der Waals surface area contributed by atoms with Gasteiger partial charge in [-0.3, -0.25) is 0 Å². The summed E-state index contributed by atoms with van der Waals surface area (Å²) in [5.74, 6) is 0. The highest BCUT2D eigenvalue weighted by atomic mass is 35.5. The van der Waals surface area contributed by atoms with Crippen molar-refractivity contribution in [3.63, 3.8) is 0 Å². The van der Waals surface area contributed by atoms with Gasteiger partial charge in [0.15, 0.2) is 0 Å². The standard InChI is InChI=1S/C23H15ClS/c1-25-23-16(9-5-11-21(23)24)15-12-14-6-4-10-19-17-7-2-3-8-18(17)20(13-15)22(14)19/h2-13H,1H3. The molecule has 4 aromatic carbocycles. The summed E-state index contributed by atoms with van der Waals surface area (Å²) in [6.45, 7) is 0. The van der Waals surface area contributed by atoms with Gasteiger partial charge in [-0.2, -0.15) is 0 Å². The maximum Gasteiger partial charge on any atom is 0.0548 e. The Hall–Kier alpha value is -2.22. The normalized spacial score (nSPS) is 11.8. The Kier molecular flexibility index (Phi) is 3.41. The van der Waals surface area contributed by atoms with Gasteiger partial charge in [0, 0.05) is 4.90 Å². The number of rotatable bonds is 2. The molecular weight excluding hydrogens is 344 g/mol. The van der Waals surface area contributed by atoms with Gasteiger partial charge in [-0.1, -0.05) is 66.2 Å². The number of benzene rings is 4. The predicted octanol–water partition coefficient (Wildman–Crippen LogP) is 7.53. The smallest absolute Gasteiger partial charge is 0.0548 e. The van der Waals surface area contributed by atoms with Crippen molar-refractivity contribution in [1.82, 2.24) is 0 Å². The van der Waals surface area contributed by atoms with Crippen LogP contribution in [0.5, 0.6) is 0 Å². The van der Waals surface area contributed by atoms with E-state index in [2.05, 4.69) is 66.9 Å². The minimum absolute atomic E-state index is 0.815. The molecule has 0 saturated heterocycles. The Labute approximate surface area is 156 Å². The van der Waals surface area contributed by atoms with E-state index in [1.807, 2.05) is 12.1 Å². The lowest BCUT2D eigenvalue weighted by atomic mass is 9.96. The van der Waals surface area contributed by atoms with Crippen LogP contribution in [0, 0.1) is 0 Å². The van der Waals surface area contributed by atoms with Crippen LogP contribution >= 0.6 is 23.4 Å². The molecule has 1 aliphatic carbocycles. The van der Waals surface area contributed by atoms with Crippen LogP contribution < -0.4 is 0 Å². The largest absolute Gasteiger partial charge is 0.127 e. The molecule has 0 bridgehead atoms. The van der Waals surface area contributed by atoms with E-state index in [4.69, 9.17) is 11.6 Å². The summed E-state index contributed by atoms with van der Waals surface area (Å²) in [5, 5.41) is 3.46. The fourth-order valence-corrected chi connectivity index (χ4v) is 4.99. The summed E-state index contributed by atoms with van der Waals surface area (Å²) in [5.41, 5.74) is 7.74. The van der Waals surface area contributed by atoms with E-state index in [9.17, 15) is 0 Å². The quantitative estimate of drug-likeness (QED) is 0.294. The molecule has 5 rings (SSSR count). The number of fused-ring (bicyclic) bond motifs is 3. The number of halogens is 1. The summed E-state index contributed by atoms with van der Waals surface area (Å²) in [6, 6.07) is 26.0. The van der Waals surface area contributed by atoms with Crippen molar-refractivity contribution >= 4 is 34.1 Å². The van der Waals surface area contributed by atoms with Crippen molar-refractivity contribution in [2.45, 2.75) is 4.90 Å². The molecule has 25 heavy (non-hydrogen) atoms. The lowest BCUT2D eigenvalue weighted by Crippen LogP contribution is -1.86. The second kappa shape index (κ2) is 5.66. The minimum atomic E-state index is 0.815. The van der Waals surface area contributed by atoms with Gasteiger partial charge in [0.1, 0.15) is 0 Å². The molecule has 2 heteroatoms. The van der Waals surface area contributed by atoms with Crippen molar-refractivity contribution in [2.75, 3.05) is 6.26 Å². The average molecular weight is 359 g/mol. The second-order valence-electron chi connectivity index (χ2n) is 6.29. The zero-order valence-corrected chi connectivity index (χ0v) is 15.3. The monoisotopic (exact) mass is 358 g/mol. The minimum Gasteiger partial charge on any atom is -0.127 e. The van der Waals surface area contributed by atoms with Crippen LogP contribution in [0.4, 0.5) is 0 Å². The topological polar surface area (TPSA) is 0 Å². The van der Waals surface area contributed by atoms with Gasteiger partial charge >= 0.3 is 0 Å². The highest BCUT2D eigenvalue weighted by Crippen LogP contribution is 2.49. The van der Waals surface area contributed by atoms with Crippen molar-refractivity contribution in [3.8, 4) is 33.4 Å². The van der Waals surface area contributed by atoms with Gasteiger partial charge in [0.2, 0.25) is 0 Å². The van der Waals surface area contributed by atoms with E-state index in [0.29, 0.717) is 0 Å². The molecular formula is C23H15ClS. The van der Waals surface area contributed by atoms with Crippen LogP contribution in [0.3, 0.4) is 0 Å². The van der Waals surface area contributed by atoms with Gasteiger partial charge in [-0.05, 0) is 68.6 Å². The Morgan fingerprint density at radius 1 is 0.680 bits per heavy atom. The summed E-state index contributed by atoms with van der Waals surface area (Å²) in [7, 11) is 0. The maximum atomic E-state index is 6.44. The molecule has 0 fully saturated rings. The lowest BCUT2D eigenvalue weighted by Gasteiger charge is -2.12. The van der Waals surface area contributed by atoms with Crippen molar-refractivity contribution < 1.29 is 0 Å². The molecule has 0 amide bonds. The van der Waals surface area contributed by atoms with Crippen LogP contribution in [0.25, 0.3) is 44.2 Å². The van der Waals surface area contributed by atoms with Gasteiger partial charge in [-0.15, -0.1) is 11.8 Å². The third-order valence-corrected chi connectivity index (χ3v) is 6.24. The van der Waals surface area contributed by atoms with E-state index in [1.54, 1.807) is 11.8 Å². The van der Waals surface area contributed by atoms with E-state index >= 15 is 0 Å². The fraction of sp³-hybridized carbons (Fsp3) is 0.0435. The molecule has 0 heterocycles. The van der Waals surface area contributed by atoms with E-state index in [0.717, 1.165) is 9.92 Å². The molecule has 0 N–H and O–H groups in total. The molecule has 0 radical (unpaired) electrons. The molecule has 0 nitrogen and oxygen atoms in total. The first-order valence-electron chi connectivity index (χ1n) is 8.27. The first-order chi connectivity index (χ1) is 12.3. The molecule has 0 unspecified atom stereocenters. The van der Waals surface area contributed by atoms with E-state index in [-0.39, 0.29) is 0 Å². The molecule has 0 spiro atoms. The summed E-state index contributed by atoms with van der Waals surface area (Å²) in [4.78, 5) is 1.14. The molecule has 0 atom stereocenters. The van der Waals surface area contributed by atoms with Crippen molar-refractivity contribution in [2.24, 2.45) is 0 Å². The first kappa shape index (κ1) is 15.1.